The van der Waals surface area contributed by atoms with E-state index < -0.39 is 0 Å². The van der Waals surface area contributed by atoms with E-state index in [1.165, 1.54) is 12.0 Å². The number of anilines is 1. The number of rotatable bonds is 5. The molecule has 1 aromatic carbocycles. The third-order valence-electron chi connectivity index (χ3n) is 2.61. The smallest absolute Gasteiger partial charge is 0.115 e. The Balaban J connectivity index is 1.91. The normalized spacial score (nSPS) is 10.2. The Labute approximate surface area is 102 Å². The Morgan fingerprint density at radius 3 is 2.59 bits per heavy atom. The minimum Gasteiger partial charge on any atom is -0.379 e. The van der Waals surface area contributed by atoms with Crippen molar-refractivity contribution >= 4 is 5.69 Å². The van der Waals surface area contributed by atoms with Crippen LogP contribution in [0.3, 0.4) is 0 Å². The van der Waals surface area contributed by atoms with E-state index >= 15 is 0 Å². The second-order valence-electron chi connectivity index (χ2n) is 4.00. The van der Waals surface area contributed by atoms with E-state index in [-0.39, 0.29) is 0 Å². The van der Waals surface area contributed by atoms with Crippen LogP contribution >= 0.6 is 0 Å². The Morgan fingerprint density at radius 2 is 1.94 bits per heavy atom. The monoisotopic (exact) mass is 227 g/mol. The molecular weight excluding hydrogens is 210 g/mol. The minimum absolute atomic E-state index is 0.732. The molecule has 3 nitrogen and oxygen atoms in total. The molecule has 1 heterocycles. The molecule has 0 aliphatic heterocycles. The predicted molar refractivity (Wildman–Crippen MR) is 69.8 cm³/mol. The van der Waals surface area contributed by atoms with Crippen molar-refractivity contribution in [3.8, 4) is 0 Å². The van der Waals surface area contributed by atoms with Gasteiger partial charge in [-0.05, 0) is 30.2 Å². The number of aromatic nitrogens is 2. The van der Waals surface area contributed by atoms with Gasteiger partial charge in [0.2, 0.25) is 0 Å². The summed E-state index contributed by atoms with van der Waals surface area (Å²) in [5, 5.41) is 3.34. The van der Waals surface area contributed by atoms with Crippen LogP contribution in [0.1, 0.15) is 24.6 Å². The molecule has 3 heteroatoms. The fraction of sp³-hybridized carbons (Fsp3) is 0.286. The summed E-state index contributed by atoms with van der Waals surface area (Å²) < 4.78 is 0. The van der Waals surface area contributed by atoms with Crippen molar-refractivity contribution < 1.29 is 0 Å². The van der Waals surface area contributed by atoms with Crippen LogP contribution in [0, 0.1) is 0 Å². The zero-order chi connectivity index (χ0) is 11.9. The first-order chi connectivity index (χ1) is 8.38. The van der Waals surface area contributed by atoms with Crippen molar-refractivity contribution in [2.75, 3.05) is 5.32 Å². The number of hydrogen-bond donors (Lipinski definition) is 1. The van der Waals surface area contributed by atoms with Gasteiger partial charge in [0.25, 0.3) is 0 Å². The van der Waals surface area contributed by atoms with Gasteiger partial charge in [0.05, 0.1) is 12.2 Å². The molecule has 1 aromatic heterocycles. The zero-order valence-corrected chi connectivity index (χ0v) is 10.1. The predicted octanol–water partition coefficient (Wildman–Crippen LogP) is 3.04. The Kier molecular flexibility index (Phi) is 4.08. The van der Waals surface area contributed by atoms with Crippen LogP contribution in [0.5, 0.6) is 0 Å². The van der Waals surface area contributed by atoms with Gasteiger partial charge >= 0.3 is 0 Å². The van der Waals surface area contributed by atoms with E-state index in [0.29, 0.717) is 0 Å². The highest BCUT2D eigenvalue weighted by molar-refractivity contribution is 5.44. The van der Waals surface area contributed by atoms with E-state index in [2.05, 4.69) is 46.5 Å². The first-order valence-corrected chi connectivity index (χ1v) is 5.96. The quantitative estimate of drug-likeness (QED) is 0.853. The van der Waals surface area contributed by atoms with Gasteiger partial charge in [0.1, 0.15) is 6.33 Å². The molecule has 0 unspecified atom stereocenters. The maximum Gasteiger partial charge on any atom is 0.115 e. The molecule has 0 radical (unpaired) electrons. The van der Waals surface area contributed by atoms with Gasteiger partial charge in [0, 0.05) is 11.9 Å². The maximum atomic E-state index is 4.17. The molecule has 0 spiro atoms. The van der Waals surface area contributed by atoms with Gasteiger partial charge < -0.3 is 5.32 Å². The summed E-state index contributed by atoms with van der Waals surface area (Å²) in [7, 11) is 0. The molecule has 0 aliphatic rings. The minimum atomic E-state index is 0.732. The highest BCUT2D eigenvalue weighted by atomic mass is 14.9. The molecule has 0 saturated carbocycles. The molecule has 88 valence electrons. The van der Waals surface area contributed by atoms with E-state index in [1.807, 2.05) is 6.07 Å². The summed E-state index contributed by atoms with van der Waals surface area (Å²) >= 11 is 0. The fourth-order valence-electron chi connectivity index (χ4n) is 1.69. The van der Waals surface area contributed by atoms with Crippen LogP contribution < -0.4 is 5.32 Å². The second kappa shape index (κ2) is 5.99. The maximum absolute atomic E-state index is 4.17. The Morgan fingerprint density at radius 1 is 1.12 bits per heavy atom. The Bertz CT molecular complexity index is 437. The summed E-state index contributed by atoms with van der Waals surface area (Å²) in [5.74, 6) is 0. The van der Waals surface area contributed by atoms with E-state index in [0.717, 1.165) is 24.3 Å². The third kappa shape index (κ3) is 3.55. The molecule has 0 bridgehead atoms. The number of benzene rings is 1. The average Bonchev–Trinajstić information content (AvgIpc) is 2.40. The summed E-state index contributed by atoms with van der Waals surface area (Å²) in [6.45, 7) is 2.93. The summed E-state index contributed by atoms with van der Waals surface area (Å²) in [5.41, 5.74) is 3.51. The Hall–Kier alpha value is -1.90. The summed E-state index contributed by atoms with van der Waals surface area (Å²) in [4.78, 5) is 8.06. The lowest BCUT2D eigenvalue weighted by atomic mass is 10.1. The first-order valence-electron chi connectivity index (χ1n) is 5.96. The molecule has 2 rings (SSSR count). The molecular formula is C14H17N3. The number of nitrogens with zero attached hydrogens (tertiary/aromatic N) is 2. The molecule has 0 amide bonds. The van der Waals surface area contributed by atoms with Crippen molar-refractivity contribution in [2.45, 2.75) is 26.3 Å². The molecule has 17 heavy (non-hydrogen) atoms. The molecule has 0 fully saturated rings. The fourth-order valence-corrected chi connectivity index (χ4v) is 1.69. The summed E-state index contributed by atoms with van der Waals surface area (Å²) in [6.07, 6.45) is 5.66. The topological polar surface area (TPSA) is 37.8 Å². The van der Waals surface area contributed by atoms with Crippen LogP contribution in [0.25, 0.3) is 0 Å². The van der Waals surface area contributed by atoms with Crippen LogP contribution in [0.15, 0.2) is 42.9 Å². The molecule has 0 atom stereocenters. The second-order valence-corrected chi connectivity index (χ2v) is 4.00. The van der Waals surface area contributed by atoms with Crippen molar-refractivity contribution in [1.82, 2.24) is 9.97 Å². The largest absolute Gasteiger partial charge is 0.379 e. The van der Waals surface area contributed by atoms with E-state index in [4.69, 9.17) is 0 Å². The van der Waals surface area contributed by atoms with Crippen LogP contribution in [-0.2, 0) is 13.0 Å². The van der Waals surface area contributed by atoms with Crippen molar-refractivity contribution in [1.29, 1.82) is 0 Å². The number of hydrogen-bond acceptors (Lipinski definition) is 3. The molecule has 0 aliphatic carbocycles. The van der Waals surface area contributed by atoms with E-state index in [9.17, 15) is 0 Å². The molecule has 0 saturated heterocycles. The van der Waals surface area contributed by atoms with Gasteiger partial charge in [-0.3, -0.25) is 0 Å². The van der Waals surface area contributed by atoms with Gasteiger partial charge in [-0.25, -0.2) is 9.97 Å². The first kappa shape index (κ1) is 11.6. The zero-order valence-electron chi connectivity index (χ0n) is 10.1. The SMILES string of the molecule is CCCc1ccc(NCc2ccncn2)cc1. The van der Waals surface area contributed by atoms with Gasteiger partial charge in [-0.15, -0.1) is 0 Å². The lowest BCUT2D eigenvalue weighted by molar-refractivity contribution is 0.921. The number of aryl methyl sites for hydroxylation is 1. The molecule has 2 aromatic rings. The number of nitrogens with one attached hydrogen (secondary N) is 1. The van der Waals surface area contributed by atoms with Crippen molar-refractivity contribution in [3.05, 3.63) is 54.1 Å². The van der Waals surface area contributed by atoms with Gasteiger partial charge in [-0.1, -0.05) is 25.5 Å². The van der Waals surface area contributed by atoms with Gasteiger partial charge in [0.15, 0.2) is 0 Å². The van der Waals surface area contributed by atoms with Gasteiger partial charge in [-0.2, -0.15) is 0 Å². The lowest BCUT2D eigenvalue weighted by Gasteiger charge is -2.06. The van der Waals surface area contributed by atoms with E-state index in [1.54, 1.807) is 12.5 Å². The highest BCUT2D eigenvalue weighted by Crippen LogP contribution is 2.11. The average molecular weight is 227 g/mol. The third-order valence-corrected chi connectivity index (χ3v) is 2.61. The van der Waals surface area contributed by atoms with Crippen molar-refractivity contribution in [2.24, 2.45) is 0 Å². The van der Waals surface area contributed by atoms with Crippen molar-refractivity contribution in [3.63, 3.8) is 0 Å². The lowest BCUT2D eigenvalue weighted by Crippen LogP contribution is -2.01. The highest BCUT2D eigenvalue weighted by Gasteiger charge is 1.95. The summed E-state index contributed by atoms with van der Waals surface area (Å²) in [6, 6.07) is 10.5. The van der Waals surface area contributed by atoms with Crippen LogP contribution in [0.4, 0.5) is 5.69 Å². The molecule has 1 N–H and O–H groups in total. The van der Waals surface area contributed by atoms with Crippen LogP contribution in [-0.4, -0.2) is 9.97 Å². The van der Waals surface area contributed by atoms with Crippen LogP contribution in [0.2, 0.25) is 0 Å². The standard InChI is InChI=1S/C14H17N3/c1-2-3-12-4-6-13(7-5-12)16-10-14-8-9-15-11-17-14/h4-9,11,16H,2-3,10H2,1H3.